The maximum absolute atomic E-state index is 11.2. The van der Waals surface area contributed by atoms with Crippen molar-refractivity contribution in [2.45, 2.75) is 27.2 Å². The van der Waals surface area contributed by atoms with E-state index in [9.17, 15) is 4.79 Å². The molecular formula is C10H16O. The molecule has 0 aromatic rings. The Morgan fingerprint density at radius 3 is 2.55 bits per heavy atom. The molecule has 1 heteroatoms. The summed E-state index contributed by atoms with van der Waals surface area (Å²) in [7, 11) is 0. The van der Waals surface area contributed by atoms with E-state index in [1.165, 1.54) is 0 Å². The Labute approximate surface area is 68.8 Å². The fourth-order valence-electron chi connectivity index (χ4n) is 0.627. The summed E-state index contributed by atoms with van der Waals surface area (Å²) < 4.78 is 0. The fourth-order valence-corrected chi connectivity index (χ4v) is 0.627. The average Bonchev–Trinajstić information content (AvgIpc) is 2.02. The minimum atomic E-state index is 0.143. The first-order valence-corrected chi connectivity index (χ1v) is 3.96. The topological polar surface area (TPSA) is 17.1 Å². The van der Waals surface area contributed by atoms with Crippen LogP contribution in [-0.4, -0.2) is 5.78 Å². The van der Waals surface area contributed by atoms with Gasteiger partial charge in [0.15, 0.2) is 5.78 Å². The van der Waals surface area contributed by atoms with E-state index < -0.39 is 0 Å². The second-order valence-corrected chi connectivity index (χ2v) is 2.80. The SMILES string of the molecule is C=CC(C)=CC(=O)C(C)CC. The first kappa shape index (κ1) is 10.2. The molecular weight excluding hydrogens is 136 g/mol. The van der Waals surface area contributed by atoms with Crippen LogP contribution in [0, 0.1) is 5.92 Å². The number of allylic oxidation sites excluding steroid dienone is 3. The molecule has 0 saturated carbocycles. The lowest BCUT2D eigenvalue weighted by molar-refractivity contribution is -0.117. The molecule has 0 aliphatic heterocycles. The van der Waals surface area contributed by atoms with Crippen molar-refractivity contribution in [2.24, 2.45) is 5.92 Å². The van der Waals surface area contributed by atoms with E-state index in [0.717, 1.165) is 12.0 Å². The summed E-state index contributed by atoms with van der Waals surface area (Å²) in [5.74, 6) is 0.342. The lowest BCUT2D eigenvalue weighted by Crippen LogP contribution is -2.06. The van der Waals surface area contributed by atoms with Gasteiger partial charge in [-0.15, -0.1) is 0 Å². The molecule has 0 rings (SSSR count). The van der Waals surface area contributed by atoms with Crippen LogP contribution in [0.2, 0.25) is 0 Å². The first-order valence-electron chi connectivity index (χ1n) is 3.96. The maximum Gasteiger partial charge on any atom is 0.158 e. The largest absolute Gasteiger partial charge is 0.295 e. The molecule has 1 nitrogen and oxygen atoms in total. The molecule has 0 aliphatic carbocycles. The van der Waals surface area contributed by atoms with Crippen LogP contribution < -0.4 is 0 Å². The van der Waals surface area contributed by atoms with Gasteiger partial charge in [-0.05, 0) is 25.0 Å². The third kappa shape index (κ3) is 3.76. The Kier molecular flexibility index (Phi) is 4.51. The van der Waals surface area contributed by atoms with Crippen molar-refractivity contribution in [3.05, 3.63) is 24.3 Å². The van der Waals surface area contributed by atoms with Crippen molar-refractivity contribution in [1.29, 1.82) is 0 Å². The number of ketones is 1. The van der Waals surface area contributed by atoms with E-state index in [1.807, 2.05) is 20.8 Å². The molecule has 0 radical (unpaired) electrons. The minimum Gasteiger partial charge on any atom is -0.295 e. The van der Waals surface area contributed by atoms with Gasteiger partial charge in [-0.2, -0.15) is 0 Å². The summed E-state index contributed by atoms with van der Waals surface area (Å²) in [6.45, 7) is 9.41. The summed E-state index contributed by atoms with van der Waals surface area (Å²) in [5, 5.41) is 0. The van der Waals surface area contributed by atoms with Crippen molar-refractivity contribution in [1.82, 2.24) is 0 Å². The van der Waals surface area contributed by atoms with Crippen LogP contribution in [0.4, 0.5) is 0 Å². The first-order chi connectivity index (χ1) is 5.11. The average molecular weight is 152 g/mol. The van der Waals surface area contributed by atoms with Gasteiger partial charge in [0, 0.05) is 5.92 Å². The maximum atomic E-state index is 11.2. The number of hydrogen-bond donors (Lipinski definition) is 0. The van der Waals surface area contributed by atoms with E-state index in [2.05, 4.69) is 6.58 Å². The molecule has 0 aromatic carbocycles. The van der Waals surface area contributed by atoms with Crippen molar-refractivity contribution in [3.8, 4) is 0 Å². The second kappa shape index (κ2) is 4.89. The van der Waals surface area contributed by atoms with E-state index in [0.29, 0.717) is 0 Å². The smallest absolute Gasteiger partial charge is 0.158 e. The molecule has 0 fully saturated rings. The number of rotatable bonds is 4. The van der Waals surface area contributed by atoms with Crippen molar-refractivity contribution in [2.75, 3.05) is 0 Å². The fraction of sp³-hybridized carbons (Fsp3) is 0.500. The Morgan fingerprint density at radius 1 is 1.64 bits per heavy atom. The molecule has 62 valence electrons. The van der Waals surface area contributed by atoms with Gasteiger partial charge in [0.2, 0.25) is 0 Å². The summed E-state index contributed by atoms with van der Waals surface area (Å²) in [6.07, 6.45) is 4.25. The lowest BCUT2D eigenvalue weighted by atomic mass is 10.0. The van der Waals surface area contributed by atoms with Crippen molar-refractivity contribution in [3.63, 3.8) is 0 Å². The molecule has 0 aromatic heterocycles. The zero-order chi connectivity index (χ0) is 8.85. The third-order valence-electron chi connectivity index (χ3n) is 1.79. The van der Waals surface area contributed by atoms with E-state index in [1.54, 1.807) is 12.2 Å². The van der Waals surface area contributed by atoms with Crippen LogP contribution in [-0.2, 0) is 4.79 Å². The zero-order valence-corrected chi connectivity index (χ0v) is 7.55. The van der Waals surface area contributed by atoms with Crippen LogP contribution in [0.25, 0.3) is 0 Å². The highest BCUT2D eigenvalue weighted by Gasteiger charge is 2.06. The van der Waals surface area contributed by atoms with Crippen molar-refractivity contribution >= 4 is 5.78 Å². The molecule has 0 bridgehead atoms. The predicted molar refractivity (Wildman–Crippen MR) is 48.4 cm³/mol. The number of hydrogen-bond acceptors (Lipinski definition) is 1. The van der Waals surface area contributed by atoms with Gasteiger partial charge in [-0.25, -0.2) is 0 Å². The monoisotopic (exact) mass is 152 g/mol. The van der Waals surface area contributed by atoms with Crippen molar-refractivity contribution < 1.29 is 4.79 Å². The molecule has 0 amide bonds. The highest BCUT2D eigenvalue weighted by atomic mass is 16.1. The molecule has 0 heterocycles. The van der Waals surface area contributed by atoms with Crippen LogP contribution in [0.1, 0.15) is 27.2 Å². The molecule has 0 spiro atoms. The van der Waals surface area contributed by atoms with Gasteiger partial charge in [0.25, 0.3) is 0 Å². The second-order valence-electron chi connectivity index (χ2n) is 2.80. The number of carbonyl (C=O) groups is 1. The van der Waals surface area contributed by atoms with Crippen LogP contribution in [0.15, 0.2) is 24.3 Å². The quantitative estimate of drug-likeness (QED) is 0.447. The van der Waals surface area contributed by atoms with E-state index >= 15 is 0 Å². The van der Waals surface area contributed by atoms with Gasteiger partial charge in [-0.3, -0.25) is 4.79 Å². The van der Waals surface area contributed by atoms with E-state index in [-0.39, 0.29) is 11.7 Å². The van der Waals surface area contributed by atoms with Crippen LogP contribution in [0.3, 0.4) is 0 Å². The molecule has 0 saturated heterocycles. The molecule has 11 heavy (non-hydrogen) atoms. The highest BCUT2D eigenvalue weighted by Crippen LogP contribution is 2.05. The summed E-state index contributed by atoms with van der Waals surface area (Å²) in [5.41, 5.74) is 0.940. The van der Waals surface area contributed by atoms with Crippen LogP contribution in [0.5, 0.6) is 0 Å². The Morgan fingerprint density at radius 2 is 2.18 bits per heavy atom. The molecule has 0 N–H and O–H groups in total. The predicted octanol–water partition coefficient (Wildman–Crippen LogP) is 2.73. The van der Waals surface area contributed by atoms with E-state index in [4.69, 9.17) is 0 Å². The summed E-state index contributed by atoms with van der Waals surface area (Å²) >= 11 is 0. The molecule has 1 unspecified atom stereocenters. The third-order valence-corrected chi connectivity index (χ3v) is 1.79. The standard InChI is InChI=1S/C10H16O/c1-5-8(3)7-10(11)9(4)6-2/h5,7,9H,1,6H2,2-4H3. The molecule has 0 aliphatic rings. The van der Waals surface area contributed by atoms with Gasteiger partial charge >= 0.3 is 0 Å². The summed E-state index contributed by atoms with van der Waals surface area (Å²) in [4.78, 5) is 11.2. The number of carbonyl (C=O) groups excluding carboxylic acids is 1. The Bertz CT molecular complexity index is 177. The van der Waals surface area contributed by atoms with Gasteiger partial charge in [0.1, 0.15) is 0 Å². The molecule has 1 atom stereocenters. The minimum absolute atomic E-state index is 0.143. The van der Waals surface area contributed by atoms with Gasteiger partial charge in [0.05, 0.1) is 0 Å². The van der Waals surface area contributed by atoms with Gasteiger partial charge in [-0.1, -0.05) is 26.5 Å². The Hall–Kier alpha value is -0.850. The highest BCUT2D eigenvalue weighted by molar-refractivity contribution is 5.92. The lowest BCUT2D eigenvalue weighted by Gasteiger charge is -2.02. The Balaban J connectivity index is 4.16. The van der Waals surface area contributed by atoms with Crippen LogP contribution >= 0.6 is 0 Å². The zero-order valence-electron chi connectivity index (χ0n) is 7.55. The normalized spacial score (nSPS) is 14.3. The summed E-state index contributed by atoms with van der Waals surface area (Å²) in [6, 6.07) is 0. The van der Waals surface area contributed by atoms with Gasteiger partial charge < -0.3 is 0 Å².